The Morgan fingerprint density at radius 1 is 1.16 bits per heavy atom. The number of halogens is 2. The molecule has 0 aliphatic carbocycles. The van der Waals surface area contributed by atoms with Crippen molar-refractivity contribution in [2.45, 2.75) is 20.0 Å². The Balaban J connectivity index is 0.00000272. The van der Waals surface area contributed by atoms with Crippen LogP contribution >= 0.6 is 35.6 Å². The SMILES string of the molecule is CN=C(NCc1nc(-c2cccc(Cl)c2)no1)N1CCN(Cc2cc(C)on2)CC1.I. The third-order valence-corrected chi connectivity index (χ3v) is 5.13. The molecule has 3 heterocycles. The van der Waals surface area contributed by atoms with Crippen molar-refractivity contribution < 1.29 is 9.05 Å². The van der Waals surface area contributed by atoms with Gasteiger partial charge in [0.1, 0.15) is 5.76 Å². The summed E-state index contributed by atoms with van der Waals surface area (Å²) < 4.78 is 10.5. The predicted molar refractivity (Wildman–Crippen MR) is 128 cm³/mol. The number of nitrogens with zero attached hydrogens (tertiary/aromatic N) is 6. The Labute approximate surface area is 202 Å². The van der Waals surface area contributed by atoms with Gasteiger partial charge in [-0.05, 0) is 19.1 Å². The molecule has 9 nitrogen and oxygen atoms in total. The van der Waals surface area contributed by atoms with Crippen LogP contribution in [0.2, 0.25) is 5.02 Å². The number of nitrogens with one attached hydrogen (secondary N) is 1. The lowest BCUT2D eigenvalue weighted by Crippen LogP contribution is -2.52. The maximum absolute atomic E-state index is 6.03. The molecule has 0 spiro atoms. The second-order valence-corrected chi connectivity index (χ2v) is 7.55. The zero-order valence-corrected chi connectivity index (χ0v) is 20.5. The van der Waals surface area contributed by atoms with E-state index >= 15 is 0 Å². The fraction of sp³-hybridized carbons (Fsp3) is 0.400. The smallest absolute Gasteiger partial charge is 0.246 e. The average Bonchev–Trinajstić information content (AvgIpc) is 3.39. The van der Waals surface area contributed by atoms with Gasteiger partial charge in [0.05, 0.1) is 12.2 Å². The highest BCUT2D eigenvalue weighted by atomic mass is 127. The quantitative estimate of drug-likeness (QED) is 0.290. The van der Waals surface area contributed by atoms with Gasteiger partial charge in [-0.15, -0.1) is 24.0 Å². The molecule has 3 aromatic rings. The lowest BCUT2D eigenvalue weighted by atomic mass is 10.2. The van der Waals surface area contributed by atoms with Gasteiger partial charge in [-0.25, -0.2) is 0 Å². The second kappa shape index (κ2) is 10.9. The van der Waals surface area contributed by atoms with E-state index in [9.17, 15) is 0 Å². The predicted octanol–water partition coefficient (Wildman–Crippen LogP) is 3.20. The van der Waals surface area contributed by atoms with Crippen LogP contribution in [0.5, 0.6) is 0 Å². The Hall–Kier alpha value is -2.18. The molecule has 0 unspecified atom stereocenters. The summed E-state index contributed by atoms with van der Waals surface area (Å²) in [7, 11) is 1.78. The maximum Gasteiger partial charge on any atom is 0.246 e. The zero-order chi connectivity index (χ0) is 20.9. The lowest BCUT2D eigenvalue weighted by molar-refractivity contribution is 0.168. The summed E-state index contributed by atoms with van der Waals surface area (Å²) in [4.78, 5) is 13.4. The number of hydrogen-bond donors (Lipinski definition) is 1. The monoisotopic (exact) mass is 557 g/mol. The molecule has 31 heavy (non-hydrogen) atoms. The van der Waals surface area contributed by atoms with E-state index in [0.29, 0.717) is 23.3 Å². The summed E-state index contributed by atoms with van der Waals surface area (Å²) in [5.74, 6) is 2.66. The maximum atomic E-state index is 6.03. The first-order chi connectivity index (χ1) is 14.6. The summed E-state index contributed by atoms with van der Waals surface area (Å²) in [6, 6.07) is 9.35. The molecule has 1 fully saturated rings. The molecule has 1 saturated heterocycles. The fourth-order valence-corrected chi connectivity index (χ4v) is 3.59. The molecule has 0 bridgehead atoms. The van der Waals surface area contributed by atoms with Crippen LogP contribution in [0, 0.1) is 6.92 Å². The largest absolute Gasteiger partial charge is 0.361 e. The minimum Gasteiger partial charge on any atom is -0.361 e. The molecule has 1 aliphatic heterocycles. The number of aliphatic imine (C=N–C) groups is 1. The Bertz CT molecular complexity index is 1010. The van der Waals surface area contributed by atoms with Crippen LogP contribution in [0.4, 0.5) is 0 Å². The van der Waals surface area contributed by atoms with E-state index in [1.54, 1.807) is 7.05 Å². The average molecular weight is 558 g/mol. The van der Waals surface area contributed by atoms with Gasteiger partial charge >= 0.3 is 0 Å². The number of hydrogen-bond acceptors (Lipinski definition) is 7. The molecule has 4 rings (SSSR count). The topological polar surface area (TPSA) is 95.8 Å². The Kier molecular flexibility index (Phi) is 8.27. The van der Waals surface area contributed by atoms with Crippen molar-refractivity contribution >= 4 is 41.5 Å². The fourth-order valence-electron chi connectivity index (χ4n) is 3.40. The van der Waals surface area contributed by atoms with E-state index in [2.05, 4.69) is 35.4 Å². The van der Waals surface area contributed by atoms with E-state index in [1.807, 2.05) is 37.3 Å². The van der Waals surface area contributed by atoms with Gasteiger partial charge in [0.15, 0.2) is 5.96 Å². The Morgan fingerprint density at radius 2 is 1.97 bits per heavy atom. The van der Waals surface area contributed by atoms with E-state index in [1.165, 1.54) is 0 Å². The van der Waals surface area contributed by atoms with Crippen molar-refractivity contribution in [3.8, 4) is 11.4 Å². The third kappa shape index (κ3) is 6.17. The van der Waals surface area contributed by atoms with Crippen molar-refractivity contribution in [2.24, 2.45) is 4.99 Å². The molecule has 0 amide bonds. The summed E-state index contributed by atoms with van der Waals surface area (Å²) in [6.07, 6.45) is 0. The van der Waals surface area contributed by atoms with Gasteiger partial charge in [-0.2, -0.15) is 4.98 Å². The third-order valence-electron chi connectivity index (χ3n) is 4.89. The number of rotatable bonds is 5. The van der Waals surface area contributed by atoms with Crippen LogP contribution in [0.15, 0.2) is 44.4 Å². The van der Waals surface area contributed by atoms with Gasteiger partial charge in [0.2, 0.25) is 11.7 Å². The molecule has 0 radical (unpaired) electrons. The molecule has 1 aromatic carbocycles. The normalized spacial score (nSPS) is 15.1. The molecule has 0 atom stereocenters. The highest BCUT2D eigenvalue weighted by molar-refractivity contribution is 14.0. The van der Waals surface area contributed by atoms with Crippen LogP contribution in [0.25, 0.3) is 11.4 Å². The standard InChI is InChI=1S/C20H24ClN7O2.HI/c1-14-10-17(25-29-14)13-27-6-8-28(9-7-27)20(22-2)23-12-18-24-19(26-30-18)15-4-3-5-16(21)11-15;/h3-5,10-11H,6-9,12-13H2,1-2H3,(H,22,23);1H. The van der Waals surface area contributed by atoms with E-state index in [4.69, 9.17) is 20.6 Å². The first kappa shape index (κ1) is 23.5. The van der Waals surface area contributed by atoms with Gasteiger partial charge in [0, 0.05) is 56.4 Å². The van der Waals surface area contributed by atoms with Gasteiger partial charge in [-0.1, -0.05) is 34.0 Å². The minimum absolute atomic E-state index is 0. The van der Waals surface area contributed by atoms with Crippen LogP contribution in [0.1, 0.15) is 17.3 Å². The molecular formula is C20H25ClIN7O2. The van der Waals surface area contributed by atoms with Gasteiger partial charge in [-0.3, -0.25) is 9.89 Å². The number of benzene rings is 1. The number of piperazine rings is 1. The molecule has 166 valence electrons. The van der Waals surface area contributed by atoms with Crippen molar-refractivity contribution in [1.82, 2.24) is 30.4 Å². The van der Waals surface area contributed by atoms with E-state index in [0.717, 1.165) is 55.7 Å². The molecule has 2 aromatic heterocycles. The lowest BCUT2D eigenvalue weighted by Gasteiger charge is -2.36. The van der Waals surface area contributed by atoms with Crippen molar-refractivity contribution in [3.63, 3.8) is 0 Å². The number of aryl methyl sites for hydroxylation is 1. The number of guanidine groups is 1. The van der Waals surface area contributed by atoms with Crippen LogP contribution in [0.3, 0.4) is 0 Å². The van der Waals surface area contributed by atoms with Crippen molar-refractivity contribution in [3.05, 3.63) is 52.7 Å². The summed E-state index contributed by atoms with van der Waals surface area (Å²) >= 11 is 6.03. The highest BCUT2D eigenvalue weighted by Gasteiger charge is 2.21. The minimum atomic E-state index is 0. The molecule has 11 heteroatoms. The summed E-state index contributed by atoms with van der Waals surface area (Å²) in [5, 5.41) is 12.1. The Morgan fingerprint density at radius 3 is 2.65 bits per heavy atom. The first-order valence-electron chi connectivity index (χ1n) is 9.79. The van der Waals surface area contributed by atoms with Crippen LogP contribution in [-0.4, -0.2) is 64.3 Å². The van der Waals surface area contributed by atoms with Gasteiger partial charge in [0.25, 0.3) is 0 Å². The van der Waals surface area contributed by atoms with Crippen LogP contribution in [-0.2, 0) is 13.1 Å². The summed E-state index contributed by atoms with van der Waals surface area (Å²) in [5.41, 5.74) is 1.79. The van der Waals surface area contributed by atoms with E-state index in [-0.39, 0.29) is 24.0 Å². The highest BCUT2D eigenvalue weighted by Crippen LogP contribution is 2.20. The first-order valence-corrected chi connectivity index (χ1v) is 10.2. The molecule has 1 aliphatic rings. The second-order valence-electron chi connectivity index (χ2n) is 7.11. The zero-order valence-electron chi connectivity index (χ0n) is 17.4. The van der Waals surface area contributed by atoms with Gasteiger partial charge < -0.3 is 19.3 Å². The van der Waals surface area contributed by atoms with Crippen molar-refractivity contribution in [2.75, 3.05) is 33.2 Å². The number of aromatic nitrogens is 3. The molecular weight excluding hydrogens is 533 g/mol. The van der Waals surface area contributed by atoms with Crippen LogP contribution < -0.4 is 5.32 Å². The molecule has 1 N–H and O–H groups in total. The van der Waals surface area contributed by atoms with E-state index < -0.39 is 0 Å². The summed E-state index contributed by atoms with van der Waals surface area (Å²) in [6.45, 7) is 6.69. The molecule has 0 saturated carbocycles. The van der Waals surface area contributed by atoms with Crippen molar-refractivity contribution in [1.29, 1.82) is 0 Å².